The fraction of sp³-hybridized carbons (Fsp3) is 0.350. The number of thioether (sulfide) groups is 1. The van der Waals surface area contributed by atoms with Gasteiger partial charge >= 0.3 is 0 Å². The number of hydrogen-bond donors (Lipinski definition) is 0. The summed E-state index contributed by atoms with van der Waals surface area (Å²) in [5.41, 5.74) is 2.16. The Morgan fingerprint density at radius 3 is 2.32 bits per heavy atom. The normalized spacial score (nSPS) is 10.6. The average molecular weight is 312 g/mol. The maximum atomic E-state index is 12.2. The molecule has 0 amide bonds. The molecule has 0 saturated carbocycles. The van der Waals surface area contributed by atoms with E-state index in [1.54, 1.807) is 11.8 Å². The number of ketones is 1. The van der Waals surface area contributed by atoms with Crippen molar-refractivity contribution in [2.24, 2.45) is 0 Å². The molecule has 0 spiro atoms. The Morgan fingerprint density at radius 1 is 0.909 bits per heavy atom. The van der Waals surface area contributed by atoms with Crippen LogP contribution in [0.4, 0.5) is 0 Å². The molecule has 0 heterocycles. The van der Waals surface area contributed by atoms with Gasteiger partial charge in [-0.2, -0.15) is 0 Å². The van der Waals surface area contributed by atoms with Crippen LogP contribution in [0.2, 0.25) is 0 Å². The van der Waals surface area contributed by atoms with Gasteiger partial charge in [-0.15, -0.1) is 11.8 Å². The highest BCUT2D eigenvalue weighted by Gasteiger charge is 2.06. The number of Topliss-reactive ketones (excluding diaryl/α,β-unsaturated/α-hetero) is 1. The molecule has 0 saturated heterocycles. The lowest BCUT2D eigenvalue weighted by molar-refractivity contribution is 0.102. The second-order valence-corrected chi connectivity index (χ2v) is 6.58. The molecule has 2 aromatic rings. The topological polar surface area (TPSA) is 17.1 Å². The highest BCUT2D eigenvalue weighted by molar-refractivity contribution is 8.00. The summed E-state index contributed by atoms with van der Waals surface area (Å²) in [5.74, 6) is 0.700. The van der Waals surface area contributed by atoms with Gasteiger partial charge in [0.25, 0.3) is 0 Å². The minimum Gasteiger partial charge on any atom is -0.293 e. The molecule has 2 heteroatoms. The Morgan fingerprint density at radius 2 is 1.64 bits per heavy atom. The van der Waals surface area contributed by atoms with Gasteiger partial charge < -0.3 is 0 Å². The lowest BCUT2D eigenvalue weighted by Gasteiger charge is -2.04. The highest BCUT2D eigenvalue weighted by Crippen LogP contribution is 2.19. The number of rotatable bonds is 9. The first-order chi connectivity index (χ1) is 10.8. The van der Waals surface area contributed by atoms with Crippen molar-refractivity contribution in [2.45, 2.75) is 43.9 Å². The van der Waals surface area contributed by atoms with E-state index in [1.165, 1.54) is 31.2 Å². The molecular weight excluding hydrogens is 288 g/mol. The molecule has 0 aromatic heterocycles. The van der Waals surface area contributed by atoms with E-state index in [2.05, 4.69) is 19.1 Å². The Bertz CT molecular complexity index is 560. The lowest BCUT2D eigenvalue weighted by Crippen LogP contribution is -2.02. The molecule has 0 fully saturated rings. The highest BCUT2D eigenvalue weighted by atomic mass is 32.2. The third-order valence-corrected chi connectivity index (χ3v) is 4.72. The van der Waals surface area contributed by atoms with Crippen LogP contribution in [0.15, 0.2) is 59.5 Å². The monoisotopic (exact) mass is 312 g/mol. The molecule has 0 aliphatic heterocycles. The van der Waals surface area contributed by atoms with Gasteiger partial charge in [0.05, 0.1) is 5.75 Å². The maximum absolute atomic E-state index is 12.2. The minimum absolute atomic E-state index is 0.200. The van der Waals surface area contributed by atoms with Crippen LogP contribution >= 0.6 is 11.8 Å². The fourth-order valence-corrected chi connectivity index (χ4v) is 3.18. The zero-order chi connectivity index (χ0) is 15.6. The van der Waals surface area contributed by atoms with Gasteiger partial charge in [-0.3, -0.25) is 4.79 Å². The summed E-state index contributed by atoms with van der Waals surface area (Å²) >= 11 is 1.60. The van der Waals surface area contributed by atoms with Crippen molar-refractivity contribution in [3.05, 3.63) is 65.7 Å². The van der Waals surface area contributed by atoms with Gasteiger partial charge in [-0.1, -0.05) is 68.7 Å². The van der Waals surface area contributed by atoms with Crippen molar-refractivity contribution < 1.29 is 4.79 Å². The fourth-order valence-electron chi connectivity index (χ4n) is 2.36. The summed E-state index contributed by atoms with van der Waals surface area (Å²) in [6.45, 7) is 2.23. The number of hydrogen-bond acceptors (Lipinski definition) is 2. The van der Waals surface area contributed by atoms with Gasteiger partial charge in [-0.25, -0.2) is 0 Å². The zero-order valence-electron chi connectivity index (χ0n) is 13.3. The SMILES string of the molecule is CCCCCCc1ccc(C(=O)CSc2ccccc2)cc1. The van der Waals surface area contributed by atoms with E-state index in [9.17, 15) is 4.79 Å². The summed E-state index contributed by atoms with van der Waals surface area (Å²) in [6.07, 6.45) is 6.24. The van der Waals surface area contributed by atoms with Crippen molar-refractivity contribution in [2.75, 3.05) is 5.75 Å². The molecule has 22 heavy (non-hydrogen) atoms. The van der Waals surface area contributed by atoms with E-state index in [-0.39, 0.29) is 5.78 Å². The van der Waals surface area contributed by atoms with Gasteiger partial charge in [-0.05, 0) is 30.5 Å². The molecule has 0 N–H and O–H groups in total. The molecular formula is C20H24OS. The van der Waals surface area contributed by atoms with Crippen molar-refractivity contribution in [1.82, 2.24) is 0 Å². The van der Waals surface area contributed by atoms with E-state index in [0.29, 0.717) is 5.75 Å². The van der Waals surface area contributed by atoms with Crippen molar-refractivity contribution >= 4 is 17.5 Å². The Kier molecular flexibility index (Phi) is 7.24. The second-order valence-electron chi connectivity index (χ2n) is 5.53. The van der Waals surface area contributed by atoms with E-state index in [0.717, 1.165) is 16.9 Å². The van der Waals surface area contributed by atoms with Crippen LogP contribution in [0.25, 0.3) is 0 Å². The number of aryl methyl sites for hydroxylation is 1. The molecule has 2 rings (SSSR count). The van der Waals surface area contributed by atoms with Crippen LogP contribution in [-0.4, -0.2) is 11.5 Å². The second kappa shape index (κ2) is 9.47. The molecule has 116 valence electrons. The van der Waals surface area contributed by atoms with Gasteiger partial charge in [0, 0.05) is 10.5 Å². The average Bonchev–Trinajstić information content (AvgIpc) is 2.58. The van der Waals surface area contributed by atoms with E-state index >= 15 is 0 Å². The van der Waals surface area contributed by atoms with Gasteiger partial charge in [0.1, 0.15) is 0 Å². The van der Waals surface area contributed by atoms with Crippen molar-refractivity contribution in [3.8, 4) is 0 Å². The van der Waals surface area contributed by atoms with Crippen molar-refractivity contribution in [3.63, 3.8) is 0 Å². The smallest absolute Gasteiger partial charge is 0.173 e. The van der Waals surface area contributed by atoms with Crippen molar-refractivity contribution in [1.29, 1.82) is 0 Å². The zero-order valence-corrected chi connectivity index (χ0v) is 14.1. The molecule has 1 nitrogen and oxygen atoms in total. The Balaban J connectivity index is 1.80. The Hall–Kier alpha value is -1.54. The van der Waals surface area contributed by atoms with E-state index in [1.807, 2.05) is 42.5 Å². The molecule has 0 aliphatic carbocycles. The number of unbranched alkanes of at least 4 members (excludes halogenated alkanes) is 3. The maximum Gasteiger partial charge on any atom is 0.173 e. The first-order valence-electron chi connectivity index (χ1n) is 8.09. The molecule has 0 radical (unpaired) electrons. The lowest BCUT2D eigenvalue weighted by atomic mass is 10.0. The summed E-state index contributed by atoms with van der Waals surface area (Å²) in [7, 11) is 0. The van der Waals surface area contributed by atoms with Gasteiger partial charge in [0.2, 0.25) is 0 Å². The first kappa shape index (κ1) is 16.8. The minimum atomic E-state index is 0.200. The molecule has 0 atom stereocenters. The first-order valence-corrected chi connectivity index (χ1v) is 9.08. The molecule has 2 aromatic carbocycles. The summed E-state index contributed by atoms with van der Waals surface area (Å²) in [6, 6.07) is 18.2. The Labute approximate surface area is 138 Å². The van der Waals surface area contributed by atoms with Crippen LogP contribution in [-0.2, 0) is 6.42 Å². The molecule has 0 aliphatic rings. The van der Waals surface area contributed by atoms with Gasteiger partial charge in [0.15, 0.2) is 5.78 Å². The third kappa shape index (κ3) is 5.69. The summed E-state index contributed by atoms with van der Waals surface area (Å²) in [5, 5.41) is 0. The van der Waals surface area contributed by atoms with Crippen LogP contribution in [0.5, 0.6) is 0 Å². The summed E-state index contributed by atoms with van der Waals surface area (Å²) in [4.78, 5) is 13.3. The number of carbonyl (C=O) groups is 1. The van der Waals surface area contributed by atoms with E-state index in [4.69, 9.17) is 0 Å². The van der Waals surface area contributed by atoms with Crippen LogP contribution in [0.3, 0.4) is 0 Å². The van der Waals surface area contributed by atoms with Crippen LogP contribution in [0.1, 0.15) is 48.5 Å². The standard InChI is InChI=1S/C20H24OS/c1-2-3-4-6-9-17-12-14-18(15-13-17)20(21)16-22-19-10-7-5-8-11-19/h5,7-8,10-15H,2-4,6,9,16H2,1H3. The van der Waals surface area contributed by atoms with Crippen LogP contribution in [0, 0.1) is 0 Å². The molecule has 0 bridgehead atoms. The molecule has 0 unspecified atom stereocenters. The summed E-state index contributed by atoms with van der Waals surface area (Å²) < 4.78 is 0. The largest absolute Gasteiger partial charge is 0.293 e. The van der Waals surface area contributed by atoms with E-state index < -0.39 is 0 Å². The quantitative estimate of drug-likeness (QED) is 0.331. The predicted molar refractivity (Wildman–Crippen MR) is 95.8 cm³/mol. The van der Waals surface area contributed by atoms with Crippen LogP contribution < -0.4 is 0 Å². The number of benzene rings is 2. The predicted octanol–water partition coefficient (Wildman–Crippen LogP) is 5.78. The number of carbonyl (C=O) groups excluding carboxylic acids is 1. The third-order valence-electron chi connectivity index (χ3n) is 3.71.